The number of nitrogens with one attached hydrogen (secondary N) is 2. The van der Waals surface area contributed by atoms with Gasteiger partial charge in [-0.05, 0) is 28.3 Å². The van der Waals surface area contributed by atoms with Crippen molar-refractivity contribution in [3.8, 4) is 0 Å². The minimum Gasteiger partial charge on any atom is -0.480 e. The Labute approximate surface area is 220 Å². The first-order chi connectivity index (χ1) is 17.7. The predicted molar refractivity (Wildman–Crippen MR) is 140 cm³/mol. The molecule has 194 valence electrons. The number of carbonyl (C=O) groups is 4. The van der Waals surface area contributed by atoms with Crippen LogP contribution in [0.25, 0.3) is 0 Å². The van der Waals surface area contributed by atoms with Crippen LogP contribution in [0.15, 0.2) is 91.0 Å². The van der Waals surface area contributed by atoms with Crippen LogP contribution >= 0.6 is 11.6 Å². The number of amides is 2. The quantitative estimate of drug-likeness (QED) is 0.343. The standard InChI is InChI=1S/C26H26N2O5.C2H3ClO/c29-24(27-23(25(30)31)17-20-12-6-2-7-13-20)22(16-19-10-4-1-5-11-19)28-26(32)33-18-21-14-8-3-9-15-21;1-2(3)4/h1-15,22-23H,16-18H2,(H,27,29)(H,28,32)(H,30,31);1H3/t22-,23-;/m0./s1. The molecule has 8 nitrogen and oxygen atoms in total. The molecule has 2 atom stereocenters. The monoisotopic (exact) mass is 524 g/mol. The summed E-state index contributed by atoms with van der Waals surface area (Å²) in [5, 5.41) is 14.4. The average Bonchev–Trinajstić information content (AvgIpc) is 2.88. The molecule has 0 aromatic heterocycles. The highest BCUT2D eigenvalue weighted by Gasteiger charge is 2.27. The van der Waals surface area contributed by atoms with E-state index >= 15 is 0 Å². The van der Waals surface area contributed by atoms with Gasteiger partial charge in [0.25, 0.3) is 0 Å². The van der Waals surface area contributed by atoms with E-state index in [1.54, 1.807) is 24.3 Å². The van der Waals surface area contributed by atoms with Crippen molar-refractivity contribution >= 4 is 34.8 Å². The third-order valence-electron chi connectivity index (χ3n) is 5.00. The molecule has 0 radical (unpaired) electrons. The lowest BCUT2D eigenvalue weighted by Crippen LogP contribution is -2.53. The van der Waals surface area contributed by atoms with Gasteiger partial charge in [0.2, 0.25) is 11.1 Å². The van der Waals surface area contributed by atoms with E-state index in [-0.39, 0.29) is 24.7 Å². The number of aliphatic carboxylic acids is 1. The maximum atomic E-state index is 13.0. The molecule has 9 heteroatoms. The van der Waals surface area contributed by atoms with Crippen molar-refractivity contribution in [1.82, 2.24) is 10.6 Å². The molecule has 0 fully saturated rings. The Bertz CT molecular complexity index is 1140. The molecular weight excluding hydrogens is 496 g/mol. The van der Waals surface area contributed by atoms with Crippen LogP contribution in [0.4, 0.5) is 4.79 Å². The second kappa shape index (κ2) is 15.7. The molecule has 0 spiro atoms. The van der Waals surface area contributed by atoms with Crippen molar-refractivity contribution in [2.75, 3.05) is 0 Å². The molecule has 0 aliphatic rings. The van der Waals surface area contributed by atoms with Crippen LogP contribution in [0.2, 0.25) is 0 Å². The minimum atomic E-state index is -1.16. The SMILES string of the molecule is CC(=O)Cl.O=C(N[C@@H](Cc1ccccc1)C(=O)N[C@@H](Cc1ccccc1)C(=O)O)OCc1ccccc1. The number of halogens is 1. The third-order valence-corrected chi connectivity index (χ3v) is 5.00. The maximum absolute atomic E-state index is 13.0. The zero-order chi connectivity index (χ0) is 27.0. The van der Waals surface area contributed by atoms with Gasteiger partial charge < -0.3 is 20.5 Å². The summed E-state index contributed by atoms with van der Waals surface area (Å²) in [7, 11) is 0. The number of carbonyl (C=O) groups excluding carboxylic acids is 3. The molecular formula is C28H29ClN2O6. The summed E-state index contributed by atoms with van der Waals surface area (Å²) in [6.45, 7) is 1.35. The van der Waals surface area contributed by atoms with Gasteiger partial charge in [-0.3, -0.25) is 9.59 Å². The number of benzene rings is 3. The molecule has 3 aromatic carbocycles. The average molecular weight is 525 g/mol. The summed E-state index contributed by atoms with van der Waals surface area (Å²) < 4.78 is 5.25. The summed E-state index contributed by atoms with van der Waals surface area (Å²) >= 11 is 4.64. The number of rotatable bonds is 10. The number of hydrogen-bond donors (Lipinski definition) is 3. The van der Waals surface area contributed by atoms with Gasteiger partial charge in [0.15, 0.2) is 0 Å². The largest absolute Gasteiger partial charge is 0.480 e. The maximum Gasteiger partial charge on any atom is 0.408 e. The number of ether oxygens (including phenoxy) is 1. The zero-order valence-electron chi connectivity index (χ0n) is 20.3. The summed E-state index contributed by atoms with van der Waals surface area (Å²) in [4.78, 5) is 46.4. The molecule has 37 heavy (non-hydrogen) atoms. The van der Waals surface area contributed by atoms with E-state index in [2.05, 4.69) is 22.2 Å². The summed E-state index contributed by atoms with van der Waals surface area (Å²) in [6.07, 6.45) is -0.451. The lowest BCUT2D eigenvalue weighted by atomic mass is 10.0. The first-order valence-corrected chi connectivity index (χ1v) is 11.9. The molecule has 3 aromatic rings. The highest BCUT2D eigenvalue weighted by atomic mass is 35.5. The number of hydrogen-bond acceptors (Lipinski definition) is 5. The normalized spacial score (nSPS) is 11.6. The summed E-state index contributed by atoms with van der Waals surface area (Å²) in [5.74, 6) is -1.75. The van der Waals surface area contributed by atoms with Gasteiger partial charge >= 0.3 is 12.1 Å². The Morgan fingerprint density at radius 3 is 1.57 bits per heavy atom. The molecule has 0 unspecified atom stereocenters. The fourth-order valence-corrected chi connectivity index (χ4v) is 3.29. The van der Waals surface area contributed by atoms with E-state index in [0.29, 0.717) is 0 Å². The first-order valence-electron chi connectivity index (χ1n) is 11.5. The number of carboxylic acids is 1. The second-order valence-corrected chi connectivity index (χ2v) is 8.54. The van der Waals surface area contributed by atoms with E-state index < -0.39 is 30.1 Å². The molecule has 2 amide bonds. The lowest BCUT2D eigenvalue weighted by molar-refractivity contribution is -0.142. The Morgan fingerprint density at radius 1 is 0.730 bits per heavy atom. The predicted octanol–water partition coefficient (Wildman–Crippen LogP) is 4.11. The van der Waals surface area contributed by atoms with Crippen LogP contribution in [0, 0.1) is 0 Å². The highest BCUT2D eigenvalue weighted by molar-refractivity contribution is 6.62. The Morgan fingerprint density at radius 2 is 1.14 bits per heavy atom. The van der Waals surface area contributed by atoms with Crippen molar-refractivity contribution in [3.63, 3.8) is 0 Å². The van der Waals surface area contributed by atoms with Gasteiger partial charge in [-0.15, -0.1) is 0 Å². The molecule has 0 heterocycles. The first kappa shape index (κ1) is 29.1. The van der Waals surface area contributed by atoms with Gasteiger partial charge in [0.1, 0.15) is 18.7 Å². The zero-order valence-corrected chi connectivity index (χ0v) is 21.1. The van der Waals surface area contributed by atoms with Crippen molar-refractivity contribution in [3.05, 3.63) is 108 Å². The molecule has 0 aliphatic heterocycles. The van der Waals surface area contributed by atoms with Gasteiger partial charge in [0, 0.05) is 19.8 Å². The Hall–Kier alpha value is -4.17. The van der Waals surface area contributed by atoms with Crippen molar-refractivity contribution in [2.45, 2.75) is 38.5 Å². The molecule has 0 saturated heterocycles. The fraction of sp³-hybridized carbons (Fsp3) is 0.214. The van der Waals surface area contributed by atoms with Crippen molar-refractivity contribution in [1.29, 1.82) is 0 Å². The van der Waals surface area contributed by atoms with Crippen LogP contribution in [-0.4, -0.2) is 40.4 Å². The van der Waals surface area contributed by atoms with Gasteiger partial charge in [-0.1, -0.05) is 91.0 Å². The Balaban J connectivity index is 0.00000112. The van der Waals surface area contributed by atoms with Gasteiger partial charge in [-0.25, -0.2) is 9.59 Å². The van der Waals surface area contributed by atoms with E-state index in [0.717, 1.165) is 16.7 Å². The van der Waals surface area contributed by atoms with E-state index in [9.17, 15) is 24.3 Å². The van der Waals surface area contributed by atoms with Crippen LogP contribution < -0.4 is 10.6 Å². The van der Waals surface area contributed by atoms with Crippen molar-refractivity contribution < 1.29 is 29.0 Å². The molecule has 3 N–H and O–H groups in total. The third kappa shape index (κ3) is 11.9. The van der Waals surface area contributed by atoms with Crippen LogP contribution in [0.3, 0.4) is 0 Å². The van der Waals surface area contributed by atoms with Gasteiger partial charge in [-0.2, -0.15) is 0 Å². The molecule has 0 saturated carbocycles. The van der Waals surface area contributed by atoms with Crippen LogP contribution in [0.1, 0.15) is 23.6 Å². The summed E-state index contributed by atoms with van der Waals surface area (Å²) in [6, 6.07) is 25.2. The molecule has 0 bridgehead atoms. The van der Waals surface area contributed by atoms with Crippen molar-refractivity contribution in [2.24, 2.45) is 0 Å². The lowest BCUT2D eigenvalue weighted by Gasteiger charge is -2.21. The van der Waals surface area contributed by atoms with E-state index in [1.165, 1.54) is 6.92 Å². The topological polar surface area (TPSA) is 122 Å². The Kier molecular flexibility index (Phi) is 12.4. The molecule has 3 rings (SSSR count). The van der Waals surface area contributed by atoms with Crippen LogP contribution in [0.5, 0.6) is 0 Å². The van der Waals surface area contributed by atoms with Gasteiger partial charge in [0.05, 0.1) is 0 Å². The van der Waals surface area contributed by atoms with Crippen LogP contribution in [-0.2, 0) is 38.6 Å². The smallest absolute Gasteiger partial charge is 0.408 e. The minimum absolute atomic E-state index is 0.0537. The highest BCUT2D eigenvalue weighted by Crippen LogP contribution is 2.08. The number of alkyl carbamates (subject to hydrolysis) is 1. The molecule has 0 aliphatic carbocycles. The van der Waals surface area contributed by atoms with E-state index in [4.69, 9.17) is 4.74 Å². The van der Waals surface area contributed by atoms with E-state index in [1.807, 2.05) is 66.7 Å². The number of carboxylic acid groups (broad SMARTS) is 1. The second-order valence-electron chi connectivity index (χ2n) is 8.01. The summed E-state index contributed by atoms with van der Waals surface area (Å²) in [5.41, 5.74) is 2.40. The fourth-order valence-electron chi connectivity index (χ4n) is 3.29.